The third-order valence-corrected chi connectivity index (χ3v) is 3.83. The van der Waals surface area contributed by atoms with Crippen molar-refractivity contribution in [3.8, 4) is 0 Å². The van der Waals surface area contributed by atoms with E-state index in [-0.39, 0.29) is 18.2 Å². The van der Waals surface area contributed by atoms with Crippen LogP contribution in [-0.4, -0.2) is 41.9 Å². The van der Waals surface area contributed by atoms with Gasteiger partial charge in [0.1, 0.15) is 6.04 Å². The summed E-state index contributed by atoms with van der Waals surface area (Å²) in [7, 11) is 0. The van der Waals surface area contributed by atoms with E-state index >= 15 is 0 Å². The second-order valence-corrected chi connectivity index (χ2v) is 7.26. The molecule has 5 nitrogen and oxygen atoms in total. The minimum absolute atomic E-state index is 0.149. The van der Waals surface area contributed by atoms with E-state index in [2.05, 4.69) is 10.6 Å². The highest BCUT2D eigenvalue weighted by Gasteiger charge is 2.22. The predicted molar refractivity (Wildman–Crippen MR) is 96.4 cm³/mol. The Hall–Kier alpha value is -1.53. The topological polar surface area (TPSA) is 84.2 Å². The van der Waals surface area contributed by atoms with Gasteiger partial charge in [-0.1, -0.05) is 30.3 Å². The molecule has 6 heteroatoms. The van der Waals surface area contributed by atoms with E-state index in [1.165, 1.54) is 0 Å². The van der Waals surface area contributed by atoms with Gasteiger partial charge < -0.3 is 16.4 Å². The normalized spacial score (nSPS) is 12.5. The quantitative estimate of drug-likeness (QED) is 0.634. The molecule has 0 fully saturated rings. The summed E-state index contributed by atoms with van der Waals surface area (Å²) >= 11 is 1.65. The van der Waals surface area contributed by atoms with Gasteiger partial charge >= 0.3 is 0 Å². The Morgan fingerprint density at radius 3 is 2.48 bits per heavy atom. The molecule has 0 aromatic heterocycles. The van der Waals surface area contributed by atoms with E-state index in [1.54, 1.807) is 11.8 Å². The minimum Gasteiger partial charge on any atom is -0.352 e. The van der Waals surface area contributed by atoms with E-state index in [9.17, 15) is 9.59 Å². The highest BCUT2D eigenvalue weighted by Crippen LogP contribution is 2.04. The molecule has 23 heavy (non-hydrogen) atoms. The lowest BCUT2D eigenvalue weighted by molar-refractivity contribution is -0.128. The first-order valence-electron chi connectivity index (χ1n) is 7.70. The molecule has 0 saturated heterocycles. The standard InChI is InChI=1S/C17H27N3O2S/c1-17(2,18)12-19-16(22)14(9-10-23-3)20-15(21)11-13-7-5-4-6-8-13/h4-8,14H,9-12,18H2,1-3H3,(H,19,22)(H,20,21). The molecule has 0 aliphatic heterocycles. The molecule has 1 aromatic carbocycles. The average Bonchev–Trinajstić information content (AvgIpc) is 2.49. The summed E-state index contributed by atoms with van der Waals surface area (Å²) in [5, 5.41) is 5.64. The molecule has 0 saturated carbocycles. The van der Waals surface area contributed by atoms with Crippen molar-refractivity contribution < 1.29 is 9.59 Å². The lowest BCUT2D eigenvalue weighted by Crippen LogP contribution is -2.52. The first-order chi connectivity index (χ1) is 10.8. The van der Waals surface area contributed by atoms with Gasteiger partial charge in [0, 0.05) is 12.1 Å². The van der Waals surface area contributed by atoms with Crippen molar-refractivity contribution in [2.24, 2.45) is 5.73 Å². The second kappa shape index (κ2) is 9.57. The number of hydrogen-bond donors (Lipinski definition) is 3. The van der Waals surface area contributed by atoms with Crippen LogP contribution in [0.2, 0.25) is 0 Å². The molecule has 1 rings (SSSR count). The molecular formula is C17H27N3O2S. The molecule has 0 heterocycles. The Labute approximate surface area is 142 Å². The fourth-order valence-electron chi connectivity index (χ4n) is 1.97. The van der Waals surface area contributed by atoms with Crippen LogP contribution in [0.1, 0.15) is 25.8 Å². The summed E-state index contributed by atoms with van der Waals surface area (Å²) in [6.45, 7) is 4.06. The molecule has 0 aliphatic rings. The zero-order chi connectivity index (χ0) is 17.3. The number of rotatable bonds is 9. The first-order valence-corrected chi connectivity index (χ1v) is 9.10. The van der Waals surface area contributed by atoms with Crippen molar-refractivity contribution in [2.75, 3.05) is 18.6 Å². The molecule has 2 amide bonds. The van der Waals surface area contributed by atoms with Crippen LogP contribution >= 0.6 is 11.8 Å². The van der Waals surface area contributed by atoms with Gasteiger partial charge in [-0.25, -0.2) is 0 Å². The molecule has 0 bridgehead atoms. The van der Waals surface area contributed by atoms with E-state index in [1.807, 2.05) is 50.4 Å². The van der Waals surface area contributed by atoms with Crippen LogP contribution in [0.3, 0.4) is 0 Å². The summed E-state index contributed by atoms with van der Waals surface area (Å²) in [5.41, 5.74) is 6.33. The van der Waals surface area contributed by atoms with Gasteiger partial charge in [0.05, 0.1) is 6.42 Å². The Kier molecular flexibility index (Phi) is 8.12. The molecular weight excluding hydrogens is 310 g/mol. The average molecular weight is 337 g/mol. The Morgan fingerprint density at radius 1 is 1.26 bits per heavy atom. The lowest BCUT2D eigenvalue weighted by Gasteiger charge is -2.23. The largest absolute Gasteiger partial charge is 0.352 e. The highest BCUT2D eigenvalue weighted by molar-refractivity contribution is 7.98. The van der Waals surface area contributed by atoms with Gasteiger partial charge in [-0.3, -0.25) is 9.59 Å². The molecule has 0 radical (unpaired) electrons. The van der Waals surface area contributed by atoms with E-state index in [4.69, 9.17) is 5.73 Å². The molecule has 0 aliphatic carbocycles. The van der Waals surface area contributed by atoms with Crippen molar-refractivity contribution in [2.45, 2.75) is 38.3 Å². The summed E-state index contributed by atoms with van der Waals surface area (Å²) in [6.07, 6.45) is 2.84. The fourth-order valence-corrected chi connectivity index (χ4v) is 2.44. The Bertz CT molecular complexity index is 500. The number of hydrogen-bond acceptors (Lipinski definition) is 4. The molecule has 0 spiro atoms. The number of amides is 2. The summed E-state index contributed by atoms with van der Waals surface area (Å²) in [4.78, 5) is 24.5. The van der Waals surface area contributed by atoms with Crippen molar-refractivity contribution in [3.63, 3.8) is 0 Å². The van der Waals surface area contributed by atoms with Gasteiger partial charge in [0.15, 0.2) is 0 Å². The van der Waals surface area contributed by atoms with E-state index in [0.29, 0.717) is 13.0 Å². The summed E-state index contributed by atoms with van der Waals surface area (Å²) < 4.78 is 0. The zero-order valence-electron chi connectivity index (χ0n) is 14.1. The van der Waals surface area contributed by atoms with Crippen LogP contribution in [0.4, 0.5) is 0 Å². The molecule has 1 unspecified atom stereocenters. The smallest absolute Gasteiger partial charge is 0.242 e. The second-order valence-electron chi connectivity index (χ2n) is 6.27. The number of carbonyl (C=O) groups excluding carboxylic acids is 2. The fraction of sp³-hybridized carbons (Fsp3) is 0.529. The number of nitrogens with one attached hydrogen (secondary N) is 2. The van der Waals surface area contributed by atoms with Crippen LogP contribution in [0, 0.1) is 0 Å². The van der Waals surface area contributed by atoms with Gasteiger partial charge in [-0.2, -0.15) is 11.8 Å². The first kappa shape index (κ1) is 19.5. The van der Waals surface area contributed by atoms with Crippen LogP contribution in [-0.2, 0) is 16.0 Å². The molecule has 4 N–H and O–H groups in total. The van der Waals surface area contributed by atoms with Crippen LogP contribution in [0.5, 0.6) is 0 Å². The maximum Gasteiger partial charge on any atom is 0.242 e. The summed E-state index contributed by atoms with van der Waals surface area (Å²) in [6, 6.07) is 8.96. The van der Waals surface area contributed by atoms with Gasteiger partial charge in [0.2, 0.25) is 11.8 Å². The molecule has 128 valence electrons. The predicted octanol–water partition coefficient (Wildman–Crippen LogP) is 1.32. The van der Waals surface area contributed by atoms with E-state index < -0.39 is 11.6 Å². The van der Waals surface area contributed by atoms with E-state index in [0.717, 1.165) is 11.3 Å². The number of thioether (sulfide) groups is 1. The van der Waals surface area contributed by atoms with Crippen LogP contribution in [0.15, 0.2) is 30.3 Å². The van der Waals surface area contributed by atoms with Gasteiger partial charge in [-0.15, -0.1) is 0 Å². The monoisotopic (exact) mass is 337 g/mol. The number of benzene rings is 1. The maximum atomic E-state index is 12.3. The number of nitrogens with two attached hydrogens (primary N) is 1. The van der Waals surface area contributed by atoms with Crippen LogP contribution < -0.4 is 16.4 Å². The minimum atomic E-state index is -0.527. The Balaban J connectivity index is 2.58. The van der Waals surface area contributed by atoms with Crippen molar-refractivity contribution >= 4 is 23.6 Å². The SMILES string of the molecule is CSCCC(NC(=O)Cc1ccccc1)C(=O)NCC(C)(C)N. The van der Waals surface area contributed by atoms with Crippen molar-refractivity contribution in [3.05, 3.63) is 35.9 Å². The van der Waals surface area contributed by atoms with Crippen molar-refractivity contribution in [1.82, 2.24) is 10.6 Å². The lowest BCUT2D eigenvalue weighted by atomic mass is 10.1. The summed E-state index contributed by atoms with van der Waals surface area (Å²) in [5.74, 6) is 0.471. The van der Waals surface area contributed by atoms with Crippen LogP contribution in [0.25, 0.3) is 0 Å². The highest BCUT2D eigenvalue weighted by atomic mass is 32.2. The third-order valence-electron chi connectivity index (χ3n) is 3.19. The third kappa shape index (κ3) is 8.62. The maximum absolute atomic E-state index is 12.3. The zero-order valence-corrected chi connectivity index (χ0v) is 14.9. The Morgan fingerprint density at radius 2 is 1.91 bits per heavy atom. The van der Waals surface area contributed by atoms with Gasteiger partial charge in [-0.05, 0) is 37.8 Å². The molecule has 1 aromatic rings. The molecule has 1 atom stereocenters. The van der Waals surface area contributed by atoms with Crippen molar-refractivity contribution in [1.29, 1.82) is 0 Å². The number of carbonyl (C=O) groups is 2. The van der Waals surface area contributed by atoms with Gasteiger partial charge in [0.25, 0.3) is 0 Å².